The molecule has 0 atom stereocenters. The maximum atomic E-state index is 2.55. The zero-order valence-electron chi connectivity index (χ0n) is 46.6. The molecule has 0 amide bonds. The van der Waals surface area contributed by atoms with Crippen molar-refractivity contribution in [3.05, 3.63) is 308 Å². The van der Waals surface area contributed by atoms with Crippen molar-refractivity contribution in [1.29, 1.82) is 0 Å². The van der Waals surface area contributed by atoms with Crippen LogP contribution >= 0.6 is 0 Å². The average Bonchev–Trinajstić information content (AvgIpc) is 2.28. The Hall–Kier alpha value is -10.7. The summed E-state index contributed by atoms with van der Waals surface area (Å²) < 4.78 is 2.55. The zero-order chi connectivity index (χ0) is 55.6. The van der Waals surface area contributed by atoms with E-state index in [0.29, 0.717) is 0 Å². The van der Waals surface area contributed by atoms with E-state index in [1.165, 1.54) is 126 Å². The molecule has 2 heterocycles. The van der Waals surface area contributed by atoms with Crippen molar-refractivity contribution in [2.24, 2.45) is 0 Å². The quantitative estimate of drug-likeness (QED) is 0.150. The number of anilines is 6. The van der Waals surface area contributed by atoms with E-state index in [0.717, 1.165) is 34.1 Å². The molecule has 84 heavy (non-hydrogen) atoms. The minimum Gasteiger partial charge on any atom is -0.309 e. The molecule has 0 aliphatic carbocycles. The van der Waals surface area contributed by atoms with E-state index in [-0.39, 0.29) is 5.41 Å². The first-order chi connectivity index (χ1) is 41.5. The first-order valence-corrected chi connectivity index (χ1v) is 29.2. The van der Waals surface area contributed by atoms with Crippen molar-refractivity contribution in [3.8, 4) is 27.9 Å². The van der Waals surface area contributed by atoms with Crippen LogP contribution in [-0.4, -0.2) is 4.57 Å². The Morgan fingerprint density at radius 2 is 0.631 bits per heavy atom. The maximum Gasteiger partial charge on any atom is 0.0582 e. The Bertz CT molecular complexity index is 5210. The molecule has 3 heteroatoms. The monoisotopic (exact) mass is 1070 g/mol. The predicted molar refractivity (Wildman–Crippen MR) is 358 cm³/mol. The number of benzene rings is 15. The van der Waals surface area contributed by atoms with Crippen LogP contribution in [0.15, 0.2) is 297 Å². The average molecular weight is 1070 g/mol. The van der Waals surface area contributed by atoms with E-state index < -0.39 is 0 Å². The van der Waals surface area contributed by atoms with Gasteiger partial charge in [-0.15, -0.1) is 0 Å². The van der Waals surface area contributed by atoms with E-state index in [9.17, 15) is 0 Å². The lowest BCUT2D eigenvalue weighted by Crippen LogP contribution is -2.26. The Balaban J connectivity index is 0.883. The van der Waals surface area contributed by atoms with E-state index in [4.69, 9.17) is 0 Å². The van der Waals surface area contributed by atoms with E-state index in [1.54, 1.807) is 0 Å². The molecule has 15 aromatic carbocycles. The van der Waals surface area contributed by atoms with Gasteiger partial charge in [-0.1, -0.05) is 244 Å². The molecule has 1 aliphatic rings. The second kappa shape index (κ2) is 18.7. The van der Waals surface area contributed by atoms with Gasteiger partial charge in [0.15, 0.2) is 0 Å². The predicted octanol–water partition coefficient (Wildman–Crippen LogP) is 22.6. The topological polar surface area (TPSA) is 11.4 Å². The van der Waals surface area contributed by atoms with Gasteiger partial charge >= 0.3 is 0 Å². The number of hydrogen-bond donors (Lipinski definition) is 0. The van der Waals surface area contributed by atoms with Crippen molar-refractivity contribution in [2.45, 2.75) is 19.3 Å². The van der Waals surface area contributed by atoms with Gasteiger partial charge in [-0.05, 0) is 132 Å². The van der Waals surface area contributed by atoms with Crippen LogP contribution in [0.1, 0.15) is 25.0 Å². The lowest BCUT2D eigenvalue weighted by atomic mass is 9.74. The third-order valence-electron chi connectivity index (χ3n) is 18.3. The molecule has 16 aromatic rings. The summed E-state index contributed by atoms with van der Waals surface area (Å²) in [5, 5.41) is 16.9. The highest BCUT2D eigenvalue weighted by atomic mass is 15.2. The van der Waals surface area contributed by atoms with Crippen molar-refractivity contribution < 1.29 is 0 Å². The summed E-state index contributed by atoms with van der Waals surface area (Å²) in [6.45, 7) is 4.83. The zero-order valence-corrected chi connectivity index (χ0v) is 46.6. The standard InChI is InChI=1S/C81H55N3/c1-81(2)70-37-15-16-38-79(70)84-78-46-43-56(58-44-47-76(66-35-13-11-33-64(58)66)82(72-39-17-25-52-21-3-7-29-60(52)72)73-40-18-26-53-22-4-8-30-61(53)73)49-68(78)69-50-57(51-71(81)80(69)84)59-45-48-77(67-36-14-12-34-65(59)67)83(74-41-19-27-54-23-5-9-31-62(54)74)75-42-20-28-55-24-6-10-32-63(55)75/h3-51H,1-2H3. The molecule has 0 saturated carbocycles. The fourth-order valence-corrected chi connectivity index (χ4v) is 14.4. The highest BCUT2D eigenvalue weighted by Crippen LogP contribution is 2.53. The van der Waals surface area contributed by atoms with E-state index >= 15 is 0 Å². The number of hydrogen-bond acceptors (Lipinski definition) is 2. The van der Waals surface area contributed by atoms with Crippen LogP contribution in [0, 0.1) is 0 Å². The first-order valence-electron chi connectivity index (χ1n) is 29.2. The van der Waals surface area contributed by atoms with Crippen LogP contribution < -0.4 is 9.80 Å². The minimum atomic E-state index is -0.292. The van der Waals surface area contributed by atoms with Crippen LogP contribution in [0.25, 0.3) is 114 Å². The largest absolute Gasteiger partial charge is 0.309 e. The molecule has 0 fully saturated rings. The fourth-order valence-electron chi connectivity index (χ4n) is 14.4. The minimum absolute atomic E-state index is 0.292. The van der Waals surface area contributed by atoms with Gasteiger partial charge in [-0.2, -0.15) is 0 Å². The Morgan fingerprint density at radius 3 is 1.11 bits per heavy atom. The first kappa shape index (κ1) is 48.0. The van der Waals surface area contributed by atoms with Crippen molar-refractivity contribution >= 4 is 121 Å². The summed E-state index contributed by atoms with van der Waals surface area (Å²) >= 11 is 0. The number of fused-ring (bicyclic) bond motifs is 11. The van der Waals surface area contributed by atoms with Crippen LogP contribution in [-0.2, 0) is 5.41 Å². The summed E-state index contributed by atoms with van der Waals surface area (Å²) in [5.41, 5.74) is 17.7. The Kier molecular flexibility index (Phi) is 10.7. The molecule has 0 radical (unpaired) electrons. The summed E-state index contributed by atoms with van der Waals surface area (Å²) in [6.07, 6.45) is 0. The third-order valence-corrected chi connectivity index (χ3v) is 18.3. The van der Waals surface area contributed by atoms with Gasteiger partial charge in [0.05, 0.1) is 50.8 Å². The summed E-state index contributed by atoms with van der Waals surface area (Å²) in [6, 6.07) is 111. The fraction of sp³-hybridized carbons (Fsp3) is 0.0370. The summed E-state index contributed by atoms with van der Waals surface area (Å²) in [5.74, 6) is 0. The molecular formula is C81H55N3. The Morgan fingerprint density at radius 1 is 0.262 bits per heavy atom. The van der Waals surface area contributed by atoms with Gasteiger partial charge in [0.25, 0.3) is 0 Å². The van der Waals surface area contributed by atoms with Gasteiger partial charge in [-0.25, -0.2) is 0 Å². The van der Waals surface area contributed by atoms with Gasteiger partial charge in [0, 0.05) is 48.5 Å². The van der Waals surface area contributed by atoms with Crippen molar-refractivity contribution in [2.75, 3.05) is 9.80 Å². The van der Waals surface area contributed by atoms with Crippen molar-refractivity contribution in [3.63, 3.8) is 0 Å². The molecule has 17 rings (SSSR count). The van der Waals surface area contributed by atoms with Crippen LogP contribution in [0.4, 0.5) is 34.1 Å². The molecule has 1 aromatic heterocycles. The van der Waals surface area contributed by atoms with Crippen LogP contribution in [0.5, 0.6) is 0 Å². The number of nitrogens with zero attached hydrogens (tertiary/aromatic N) is 3. The second-order valence-corrected chi connectivity index (χ2v) is 23.1. The SMILES string of the molecule is CC1(C)c2ccccc2-n2c3ccc(-c4ccc(N(c5cccc6ccccc56)c5cccc6ccccc56)c5ccccc45)cc3c3cc(-c4ccc(N(c5cccc6ccccc56)c5cccc6ccccc56)c5ccccc45)cc1c32. The van der Waals surface area contributed by atoms with Crippen LogP contribution in [0.2, 0.25) is 0 Å². The number of aromatic nitrogens is 1. The molecule has 0 spiro atoms. The van der Waals surface area contributed by atoms with Gasteiger partial charge in [0.2, 0.25) is 0 Å². The summed E-state index contributed by atoms with van der Waals surface area (Å²) in [7, 11) is 0. The highest BCUT2D eigenvalue weighted by Gasteiger charge is 2.36. The van der Waals surface area contributed by atoms with Crippen LogP contribution in [0.3, 0.4) is 0 Å². The molecular weight excluding hydrogens is 1010 g/mol. The number of para-hydroxylation sites is 1. The molecule has 1 aliphatic heterocycles. The van der Waals surface area contributed by atoms with E-state index in [1.807, 2.05) is 0 Å². The smallest absolute Gasteiger partial charge is 0.0582 e. The van der Waals surface area contributed by atoms with E-state index in [2.05, 4.69) is 325 Å². The van der Waals surface area contributed by atoms with Gasteiger partial charge in [0.1, 0.15) is 0 Å². The highest BCUT2D eigenvalue weighted by molar-refractivity contribution is 6.18. The number of rotatable bonds is 8. The lowest BCUT2D eigenvalue weighted by molar-refractivity contribution is 0.630. The molecule has 0 unspecified atom stereocenters. The molecule has 0 bridgehead atoms. The third kappa shape index (κ3) is 7.19. The molecule has 394 valence electrons. The second-order valence-electron chi connectivity index (χ2n) is 23.1. The van der Waals surface area contributed by atoms with Gasteiger partial charge in [-0.3, -0.25) is 0 Å². The molecule has 0 N–H and O–H groups in total. The Labute approximate surface area is 487 Å². The lowest BCUT2D eigenvalue weighted by Gasteiger charge is -2.35. The normalized spacial score (nSPS) is 12.7. The van der Waals surface area contributed by atoms with Gasteiger partial charge < -0.3 is 14.4 Å². The van der Waals surface area contributed by atoms with Crippen molar-refractivity contribution in [1.82, 2.24) is 4.57 Å². The summed E-state index contributed by atoms with van der Waals surface area (Å²) in [4.78, 5) is 4.99. The molecule has 0 saturated heterocycles. The molecule has 3 nitrogen and oxygen atoms in total. The maximum absolute atomic E-state index is 2.55.